The Bertz CT molecular complexity index is 1550. The maximum atomic E-state index is 15.2. The van der Waals surface area contributed by atoms with Crippen LogP contribution in [-0.2, 0) is 22.4 Å². The number of pyridine rings is 1. The van der Waals surface area contributed by atoms with Crippen molar-refractivity contribution in [3.8, 4) is 0 Å². The van der Waals surface area contributed by atoms with Gasteiger partial charge in [-0.25, -0.2) is 22.9 Å². The maximum Gasteiger partial charge on any atom is 0.410 e. The molecule has 0 radical (unpaired) electrons. The van der Waals surface area contributed by atoms with Gasteiger partial charge in [0.15, 0.2) is 17.5 Å². The van der Waals surface area contributed by atoms with E-state index in [0.29, 0.717) is 18.7 Å². The van der Waals surface area contributed by atoms with Gasteiger partial charge in [0.1, 0.15) is 17.1 Å². The van der Waals surface area contributed by atoms with Crippen molar-refractivity contribution < 1.29 is 32.3 Å². The van der Waals surface area contributed by atoms with Crippen LogP contribution >= 0.6 is 0 Å². The number of hydrogen-bond donors (Lipinski definition) is 2. The number of aryl methyl sites for hydroxylation is 2. The molecule has 12 heteroatoms. The summed E-state index contributed by atoms with van der Waals surface area (Å²) >= 11 is 0. The maximum absolute atomic E-state index is 15.2. The third-order valence-electron chi connectivity index (χ3n) is 7.03. The quantitative estimate of drug-likeness (QED) is 0.325. The number of nitrogens with one attached hydrogen (secondary N) is 2. The van der Waals surface area contributed by atoms with E-state index in [1.54, 1.807) is 56.1 Å². The number of anilines is 3. The lowest BCUT2D eigenvalue weighted by molar-refractivity contribution is -0.114. The van der Waals surface area contributed by atoms with Crippen LogP contribution in [0.5, 0.6) is 0 Å². The molecule has 0 bridgehead atoms. The topological polar surface area (TPSA) is 104 Å². The molecule has 0 spiro atoms. The highest BCUT2D eigenvalue weighted by Gasteiger charge is 2.31. The minimum atomic E-state index is -1.68. The summed E-state index contributed by atoms with van der Waals surface area (Å²) in [6.07, 6.45) is 2.32. The third kappa shape index (κ3) is 7.86. The Kier molecular flexibility index (Phi) is 9.81. The van der Waals surface area contributed by atoms with Crippen molar-refractivity contribution in [2.45, 2.75) is 53.1 Å². The zero-order valence-electron chi connectivity index (χ0n) is 25.4. The summed E-state index contributed by atoms with van der Waals surface area (Å²) in [5, 5.41) is 5.09. The first-order valence-corrected chi connectivity index (χ1v) is 14.3. The smallest absolute Gasteiger partial charge is 0.410 e. The number of aromatic nitrogens is 1. The Morgan fingerprint density at radius 1 is 0.909 bits per heavy atom. The van der Waals surface area contributed by atoms with Gasteiger partial charge in [0, 0.05) is 50.4 Å². The summed E-state index contributed by atoms with van der Waals surface area (Å²) in [5.74, 6) is -4.98. The Morgan fingerprint density at radius 2 is 1.59 bits per heavy atom. The highest BCUT2D eigenvalue weighted by molar-refractivity contribution is 6.06. The molecule has 2 heterocycles. The fourth-order valence-corrected chi connectivity index (χ4v) is 4.88. The van der Waals surface area contributed by atoms with E-state index in [-0.39, 0.29) is 48.9 Å². The van der Waals surface area contributed by atoms with Crippen LogP contribution in [0.2, 0.25) is 0 Å². The third-order valence-corrected chi connectivity index (χ3v) is 7.03. The molecule has 234 valence electrons. The van der Waals surface area contributed by atoms with Crippen LogP contribution in [0, 0.1) is 24.4 Å². The van der Waals surface area contributed by atoms with Gasteiger partial charge in [-0.15, -0.1) is 0 Å². The van der Waals surface area contributed by atoms with E-state index in [9.17, 15) is 23.2 Å². The number of amides is 3. The lowest BCUT2D eigenvalue weighted by Crippen LogP contribution is -2.50. The zero-order chi connectivity index (χ0) is 32.2. The summed E-state index contributed by atoms with van der Waals surface area (Å²) < 4.78 is 50.0. The van der Waals surface area contributed by atoms with E-state index >= 15 is 4.39 Å². The fourth-order valence-electron chi connectivity index (χ4n) is 4.88. The molecule has 0 aliphatic carbocycles. The zero-order valence-corrected chi connectivity index (χ0v) is 25.4. The minimum Gasteiger partial charge on any atom is -0.444 e. The van der Waals surface area contributed by atoms with E-state index in [1.165, 1.54) is 18.7 Å². The molecule has 1 aromatic heterocycles. The summed E-state index contributed by atoms with van der Waals surface area (Å²) in [5.41, 5.74) is 0.674. The monoisotopic (exact) mass is 611 g/mol. The largest absolute Gasteiger partial charge is 0.444 e. The molecule has 44 heavy (non-hydrogen) atoms. The molecule has 1 aliphatic heterocycles. The van der Waals surface area contributed by atoms with E-state index < -0.39 is 40.7 Å². The second-order valence-electron chi connectivity index (χ2n) is 11.6. The molecule has 1 aliphatic rings. The second-order valence-corrected chi connectivity index (χ2v) is 11.6. The van der Waals surface area contributed by atoms with Gasteiger partial charge in [0.25, 0.3) is 5.91 Å². The molecule has 2 aromatic carbocycles. The van der Waals surface area contributed by atoms with Crippen LogP contribution in [0.4, 0.5) is 35.2 Å². The van der Waals surface area contributed by atoms with Crippen molar-refractivity contribution in [2.24, 2.45) is 0 Å². The van der Waals surface area contributed by atoms with Crippen LogP contribution in [0.1, 0.15) is 54.7 Å². The summed E-state index contributed by atoms with van der Waals surface area (Å²) in [7, 11) is 0. The van der Waals surface area contributed by atoms with Gasteiger partial charge in [-0.2, -0.15) is 0 Å². The lowest BCUT2D eigenvalue weighted by atomic mass is 10.0. The number of rotatable bonds is 7. The molecule has 0 unspecified atom stereocenters. The predicted octanol–water partition coefficient (Wildman–Crippen LogP) is 5.86. The van der Waals surface area contributed by atoms with Crippen molar-refractivity contribution in [3.63, 3.8) is 0 Å². The number of halogens is 3. The molecule has 1 fully saturated rings. The van der Waals surface area contributed by atoms with Crippen LogP contribution in [-0.4, -0.2) is 59.6 Å². The molecule has 1 saturated heterocycles. The van der Waals surface area contributed by atoms with Crippen LogP contribution in [0.3, 0.4) is 0 Å². The van der Waals surface area contributed by atoms with Gasteiger partial charge in [0.2, 0.25) is 5.91 Å². The van der Waals surface area contributed by atoms with Crippen molar-refractivity contribution >= 4 is 35.1 Å². The molecular weight excluding hydrogens is 575 g/mol. The number of piperazine rings is 1. The number of hydrogen-bond acceptors (Lipinski definition) is 6. The molecule has 4 rings (SSSR count). The molecule has 0 atom stereocenters. The Labute approximate surface area is 254 Å². The van der Waals surface area contributed by atoms with Gasteiger partial charge in [-0.3, -0.25) is 9.59 Å². The average molecular weight is 612 g/mol. The van der Waals surface area contributed by atoms with Gasteiger partial charge in [0.05, 0.1) is 5.69 Å². The Hall–Kier alpha value is -4.61. The molecule has 9 nitrogen and oxygen atoms in total. The molecule has 0 saturated carbocycles. The number of nitrogens with zero attached hydrogens (tertiary/aromatic N) is 3. The highest BCUT2D eigenvalue weighted by atomic mass is 19.2. The molecule has 2 N–H and O–H groups in total. The van der Waals surface area contributed by atoms with Crippen molar-refractivity contribution in [2.75, 3.05) is 41.7 Å². The highest BCUT2D eigenvalue weighted by Crippen LogP contribution is 2.37. The number of carbonyl (C=O) groups is 3. The van der Waals surface area contributed by atoms with Crippen molar-refractivity contribution in [1.82, 2.24) is 9.88 Å². The number of ether oxygens (including phenoxy) is 1. The Morgan fingerprint density at radius 3 is 2.20 bits per heavy atom. The van der Waals surface area contributed by atoms with Crippen LogP contribution < -0.4 is 15.5 Å². The first kappa shape index (κ1) is 32.3. The van der Waals surface area contributed by atoms with E-state index in [2.05, 4.69) is 15.6 Å². The van der Waals surface area contributed by atoms with Gasteiger partial charge >= 0.3 is 6.09 Å². The van der Waals surface area contributed by atoms with Gasteiger partial charge in [-0.05, 0) is 69.9 Å². The van der Waals surface area contributed by atoms with Crippen LogP contribution in [0.15, 0.2) is 42.6 Å². The SMILES string of the molecule is CC(=O)Nc1ccc(CCc2cccc(C(=O)Nc3c(F)c(F)c(F)c(C)c3N3CCN(C(=O)OC(C)(C)C)CC3)c2)cn1. The molecule has 3 aromatic rings. The molecule has 3 amide bonds. The second kappa shape index (κ2) is 13.4. The Balaban J connectivity index is 1.50. The van der Waals surface area contributed by atoms with Gasteiger partial charge in [-0.1, -0.05) is 18.2 Å². The number of carbonyl (C=O) groups excluding carboxylic acids is 3. The predicted molar refractivity (Wildman–Crippen MR) is 161 cm³/mol. The van der Waals surface area contributed by atoms with E-state index in [1.807, 2.05) is 12.1 Å². The summed E-state index contributed by atoms with van der Waals surface area (Å²) in [6.45, 7) is 8.76. The molecular formula is C32H36F3N5O4. The normalized spacial score (nSPS) is 13.5. The fraction of sp³-hybridized carbons (Fsp3) is 0.375. The van der Waals surface area contributed by atoms with Crippen molar-refractivity contribution in [1.29, 1.82) is 0 Å². The lowest BCUT2D eigenvalue weighted by Gasteiger charge is -2.38. The van der Waals surface area contributed by atoms with Gasteiger partial charge < -0.3 is 25.2 Å². The first-order valence-electron chi connectivity index (χ1n) is 14.3. The summed E-state index contributed by atoms with van der Waals surface area (Å²) in [6, 6.07) is 10.3. The summed E-state index contributed by atoms with van der Waals surface area (Å²) in [4.78, 5) is 44.3. The average Bonchev–Trinajstić information content (AvgIpc) is 2.97. The first-order chi connectivity index (χ1) is 20.7. The van der Waals surface area contributed by atoms with E-state index in [0.717, 1.165) is 11.1 Å². The standard InChI is InChI=1S/C32H36F3N5O4/c1-19-25(33)26(34)27(35)28(29(19)39-13-15-40(16-14-39)31(43)44-32(3,4)5)38-30(42)23-8-6-7-21(17-23)9-10-22-11-12-24(36-18-22)37-20(2)41/h6-8,11-12,17-18H,9-10,13-16H2,1-5H3,(H,38,42)(H,36,37,41). The van der Waals surface area contributed by atoms with E-state index in [4.69, 9.17) is 4.74 Å². The number of benzene rings is 2. The minimum absolute atomic E-state index is 0.0185. The van der Waals surface area contributed by atoms with Crippen molar-refractivity contribution in [3.05, 3.63) is 82.3 Å². The van der Waals surface area contributed by atoms with Crippen LogP contribution in [0.25, 0.3) is 0 Å².